The minimum absolute atomic E-state index is 0.0133. The Morgan fingerprint density at radius 2 is 1.80 bits per heavy atom. The van der Waals surface area contributed by atoms with Gasteiger partial charge in [0.15, 0.2) is 0 Å². The minimum atomic E-state index is -3.46. The first-order valence-electron chi connectivity index (χ1n) is 10.3. The van der Waals surface area contributed by atoms with Crippen LogP contribution in [0.25, 0.3) is 0 Å². The van der Waals surface area contributed by atoms with E-state index in [0.29, 0.717) is 18.0 Å². The number of allylic oxidation sites excluding steroid dienone is 2. The molecule has 2 aromatic rings. The number of nitro groups is 1. The zero-order valence-electron chi connectivity index (χ0n) is 16.4. The van der Waals surface area contributed by atoms with Crippen molar-refractivity contribution >= 4 is 21.4 Å². The second-order valence-corrected chi connectivity index (χ2v) is 10.1. The fourth-order valence-corrected chi connectivity index (χ4v) is 6.50. The quantitative estimate of drug-likeness (QED) is 0.450. The Hall–Kier alpha value is -2.71. The van der Waals surface area contributed by atoms with Crippen molar-refractivity contribution in [2.45, 2.75) is 36.1 Å². The van der Waals surface area contributed by atoms with E-state index in [1.54, 1.807) is 10.4 Å². The third-order valence-electron chi connectivity index (χ3n) is 6.50. The van der Waals surface area contributed by atoms with Gasteiger partial charge in [-0.2, -0.15) is 4.31 Å². The van der Waals surface area contributed by atoms with Crippen LogP contribution in [0.5, 0.6) is 0 Å². The first-order valence-corrected chi connectivity index (χ1v) is 11.7. The van der Waals surface area contributed by atoms with Crippen LogP contribution in [0.1, 0.15) is 42.3 Å². The van der Waals surface area contributed by atoms with Crippen molar-refractivity contribution in [1.29, 1.82) is 0 Å². The molecule has 156 valence electrons. The molecule has 0 spiro atoms. The SMILES string of the molecule is O=[N+]([O-])c1ccc(C2Nc3ccc(S(=O)(=O)N4CCCC4)cc3C3C=CCC32)cc1. The van der Waals surface area contributed by atoms with Gasteiger partial charge in [-0.05, 0) is 54.5 Å². The zero-order chi connectivity index (χ0) is 20.9. The van der Waals surface area contributed by atoms with Gasteiger partial charge in [0.1, 0.15) is 0 Å². The maximum absolute atomic E-state index is 13.0. The maximum Gasteiger partial charge on any atom is 0.269 e. The fourth-order valence-electron chi connectivity index (χ4n) is 4.94. The van der Waals surface area contributed by atoms with Crippen molar-refractivity contribution in [2.75, 3.05) is 18.4 Å². The smallest absolute Gasteiger partial charge is 0.269 e. The van der Waals surface area contributed by atoms with Gasteiger partial charge in [-0.15, -0.1) is 0 Å². The molecule has 3 atom stereocenters. The van der Waals surface area contributed by atoms with Gasteiger partial charge in [-0.3, -0.25) is 10.1 Å². The summed E-state index contributed by atoms with van der Waals surface area (Å²) in [5, 5.41) is 14.5. The predicted octanol–water partition coefficient (Wildman–Crippen LogP) is 4.21. The third kappa shape index (κ3) is 3.11. The Balaban J connectivity index is 1.50. The van der Waals surface area contributed by atoms with E-state index in [0.717, 1.165) is 36.1 Å². The van der Waals surface area contributed by atoms with Crippen LogP contribution in [0.2, 0.25) is 0 Å². The van der Waals surface area contributed by atoms with Crippen molar-refractivity contribution in [2.24, 2.45) is 5.92 Å². The molecule has 1 fully saturated rings. The van der Waals surface area contributed by atoms with E-state index in [1.807, 2.05) is 24.3 Å². The molecule has 0 bridgehead atoms. The lowest BCUT2D eigenvalue weighted by Gasteiger charge is -2.37. The Morgan fingerprint density at radius 3 is 2.50 bits per heavy atom. The van der Waals surface area contributed by atoms with E-state index in [4.69, 9.17) is 0 Å². The highest BCUT2D eigenvalue weighted by Gasteiger charge is 2.39. The van der Waals surface area contributed by atoms with Gasteiger partial charge in [-0.1, -0.05) is 24.3 Å². The van der Waals surface area contributed by atoms with Crippen molar-refractivity contribution in [3.05, 3.63) is 75.9 Å². The summed E-state index contributed by atoms with van der Waals surface area (Å²) in [5.74, 6) is 0.360. The monoisotopic (exact) mass is 425 g/mol. The number of fused-ring (bicyclic) bond motifs is 3. The van der Waals surface area contributed by atoms with Crippen LogP contribution < -0.4 is 5.32 Å². The lowest BCUT2D eigenvalue weighted by Crippen LogP contribution is -2.30. The van der Waals surface area contributed by atoms with Crippen LogP contribution in [0, 0.1) is 16.0 Å². The summed E-state index contributed by atoms with van der Waals surface area (Å²) in [5.41, 5.74) is 3.00. The molecule has 30 heavy (non-hydrogen) atoms. The average molecular weight is 426 g/mol. The molecule has 0 amide bonds. The van der Waals surface area contributed by atoms with Crippen LogP contribution in [0.4, 0.5) is 11.4 Å². The number of nitro benzene ring substituents is 1. The first kappa shape index (κ1) is 19.3. The lowest BCUT2D eigenvalue weighted by molar-refractivity contribution is -0.384. The molecular formula is C22H23N3O4S. The topological polar surface area (TPSA) is 92.5 Å². The number of rotatable bonds is 4. The molecule has 0 aromatic heterocycles. The molecule has 0 radical (unpaired) electrons. The van der Waals surface area contributed by atoms with E-state index in [1.165, 1.54) is 12.1 Å². The molecule has 0 saturated carbocycles. The summed E-state index contributed by atoms with van der Waals surface area (Å²) < 4.78 is 27.6. The number of anilines is 1. The molecule has 1 saturated heterocycles. The summed E-state index contributed by atoms with van der Waals surface area (Å²) in [4.78, 5) is 10.9. The third-order valence-corrected chi connectivity index (χ3v) is 8.39. The number of non-ortho nitro benzene ring substituents is 1. The number of hydrogen-bond acceptors (Lipinski definition) is 5. The van der Waals surface area contributed by atoms with Crippen molar-refractivity contribution < 1.29 is 13.3 Å². The summed E-state index contributed by atoms with van der Waals surface area (Å²) in [6, 6.07) is 12.1. The Kier molecular flexibility index (Phi) is 4.63. The normalized spacial score (nSPS) is 25.5. The van der Waals surface area contributed by atoms with E-state index in [2.05, 4.69) is 17.5 Å². The number of nitrogens with one attached hydrogen (secondary N) is 1. The van der Waals surface area contributed by atoms with Gasteiger partial charge in [0.25, 0.3) is 5.69 Å². The molecule has 2 aromatic carbocycles. The van der Waals surface area contributed by atoms with E-state index >= 15 is 0 Å². The van der Waals surface area contributed by atoms with Crippen LogP contribution in [-0.2, 0) is 10.0 Å². The van der Waals surface area contributed by atoms with Gasteiger partial charge >= 0.3 is 0 Å². The summed E-state index contributed by atoms with van der Waals surface area (Å²) in [6.45, 7) is 1.18. The number of hydrogen-bond donors (Lipinski definition) is 1. The van der Waals surface area contributed by atoms with Gasteiger partial charge < -0.3 is 5.32 Å². The molecule has 8 heteroatoms. The number of benzene rings is 2. The van der Waals surface area contributed by atoms with Crippen LogP contribution in [0.15, 0.2) is 59.5 Å². The highest BCUT2D eigenvalue weighted by atomic mass is 32.2. The average Bonchev–Trinajstić information content (AvgIpc) is 3.45. The van der Waals surface area contributed by atoms with Crippen LogP contribution in [-0.4, -0.2) is 30.7 Å². The van der Waals surface area contributed by atoms with E-state index < -0.39 is 14.9 Å². The second kappa shape index (κ2) is 7.21. The zero-order valence-corrected chi connectivity index (χ0v) is 17.2. The standard InChI is InChI=1S/C22H23N3O4S/c26-25(27)16-8-6-15(7-9-16)22-19-5-3-4-18(19)20-14-17(10-11-21(20)23-22)30(28,29)24-12-1-2-13-24/h3-4,6-11,14,18-19,22-23H,1-2,5,12-13H2. The Morgan fingerprint density at radius 1 is 1.07 bits per heavy atom. The predicted molar refractivity (Wildman–Crippen MR) is 114 cm³/mol. The Bertz CT molecular complexity index is 1120. The molecule has 7 nitrogen and oxygen atoms in total. The highest BCUT2D eigenvalue weighted by Crippen LogP contribution is 2.50. The molecule has 3 aliphatic rings. The number of nitrogens with zero attached hydrogens (tertiary/aromatic N) is 2. The van der Waals surface area contributed by atoms with Crippen LogP contribution in [0.3, 0.4) is 0 Å². The van der Waals surface area contributed by atoms with E-state index in [-0.39, 0.29) is 23.6 Å². The molecule has 2 heterocycles. The molecule has 3 unspecified atom stereocenters. The largest absolute Gasteiger partial charge is 0.378 e. The molecule has 2 aliphatic heterocycles. The Labute approximate surface area is 175 Å². The molecular weight excluding hydrogens is 402 g/mol. The van der Waals surface area contributed by atoms with Gasteiger partial charge in [0, 0.05) is 36.8 Å². The lowest BCUT2D eigenvalue weighted by atomic mass is 9.77. The maximum atomic E-state index is 13.0. The summed E-state index contributed by atoms with van der Waals surface area (Å²) >= 11 is 0. The summed E-state index contributed by atoms with van der Waals surface area (Å²) in [6.07, 6.45) is 7.01. The second-order valence-electron chi connectivity index (χ2n) is 8.18. The highest BCUT2D eigenvalue weighted by molar-refractivity contribution is 7.89. The van der Waals surface area contributed by atoms with Gasteiger partial charge in [-0.25, -0.2) is 8.42 Å². The molecule has 5 rings (SSSR count). The van der Waals surface area contributed by atoms with Crippen molar-refractivity contribution in [3.63, 3.8) is 0 Å². The van der Waals surface area contributed by atoms with E-state index in [9.17, 15) is 18.5 Å². The first-order chi connectivity index (χ1) is 14.4. The van der Waals surface area contributed by atoms with Crippen LogP contribution >= 0.6 is 0 Å². The fraction of sp³-hybridized carbons (Fsp3) is 0.364. The summed E-state index contributed by atoms with van der Waals surface area (Å²) in [7, 11) is -3.46. The molecule has 1 aliphatic carbocycles. The van der Waals surface area contributed by atoms with Crippen molar-refractivity contribution in [1.82, 2.24) is 4.31 Å². The minimum Gasteiger partial charge on any atom is -0.378 e. The number of sulfonamides is 1. The van der Waals surface area contributed by atoms with Crippen molar-refractivity contribution in [3.8, 4) is 0 Å². The molecule has 1 N–H and O–H groups in total. The van der Waals surface area contributed by atoms with Gasteiger partial charge in [0.2, 0.25) is 10.0 Å². The van der Waals surface area contributed by atoms with Gasteiger partial charge in [0.05, 0.1) is 15.9 Å².